The lowest BCUT2D eigenvalue weighted by atomic mass is 10.2. The van der Waals surface area contributed by atoms with Gasteiger partial charge in [-0.25, -0.2) is 15.0 Å². The molecule has 102 valence electrons. The van der Waals surface area contributed by atoms with Gasteiger partial charge in [-0.05, 0) is 31.2 Å². The zero-order chi connectivity index (χ0) is 14.8. The summed E-state index contributed by atoms with van der Waals surface area (Å²) in [6.45, 7) is 9.15. The minimum absolute atomic E-state index is 0.167. The molecule has 0 amide bonds. The van der Waals surface area contributed by atoms with Gasteiger partial charge in [-0.15, -0.1) is 0 Å². The topological polar surface area (TPSA) is 38.5 Å². The first-order chi connectivity index (χ1) is 9.46. The third-order valence-corrected chi connectivity index (χ3v) is 5.53. The van der Waals surface area contributed by atoms with E-state index in [1.807, 2.05) is 6.92 Å². The summed E-state index contributed by atoms with van der Waals surface area (Å²) >= 11 is 3.31. The van der Waals surface area contributed by atoms with E-state index < -0.39 is 15.2 Å². The Morgan fingerprint density at radius 1 is 1.10 bits per heavy atom. The Morgan fingerprint density at radius 2 is 1.70 bits per heavy atom. The molecule has 0 aromatic heterocycles. The van der Waals surface area contributed by atoms with Crippen molar-refractivity contribution in [2.24, 2.45) is 0 Å². The first-order valence-electron chi connectivity index (χ1n) is 5.88. The van der Waals surface area contributed by atoms with E-state index in [9.17, 15) is 8.42 Å². The lowest BCUT2D eigenvalue weighted by molar-refractivity contribution is 0.590. The molecule has 0 heterocycles. The second-order valence-electron chi connectivity index (χ2n) is 4.36. The third-order valence-electron chi connectivity index (χ3n) is 2.93. The van der Waals surface area contributed by atoms with Crippen LogP contribution in [0.15, 0.2) is 57.9 Å². The Labute approximate surface area is 127 Å². The van der Waals surface area contributed by atoms with E-state index >= 15 is 0 Å². The Balaban J connectivity index is 2.55. The molecule has 3 nitrogen and oxygen atoms in total. The Bertz CT molecular complexity index is 761. The van der Waals surface area contributed by atoms with Crippen molar-refractivity contribution in [2.45, 2.75) is 17.2 Å². The Hall–Kier alpha value is -1.64. The molecular weight excluding hydrogens is 338 g/mol. The molecule has 0 saturated heterocycles. The molecule has 2 aromatic rings. The summed E-state index contributed by atoms with van der Waals surface area (Å²) in [7, 11) is -3.73. The summed E-state index contributed by atoms with van der Waals surface area (Å²) in [5, 5.41) is -1.24. The van der Waals surface area contributed by atoms with Crippen molar-refractivity contribution < 1.29 is 8.42 Å². The maximum atomic E-state index is 12.6. The number of benzene rings is 2. The molecule has 2 rings (SSSR count). The maximum absolute atomic E-state index is 12.6. The van der Waals surface area contributed by atoms with Crippen LogP contribution in [0.1, 0.15) is 16.5 Å². The van der Waals surface area contributed by atoms with Gasteiger partial charge in [0.05, 0.1) is 10.5 Å². The largest absolute Gasteiger partial charge is 0.351 e. The van der Waals surface area contributed by atoms with Crippen molar-refractivity contribution in [3.05, 3.63) is 75.5 Å². The lowest BCUT2D eigenvalue weighted by Gasteiger charge is -2.09. The highest BCUT2D eigenvalue weighted by atomic mass is 79.9. The number of sulfone groups is 1. The zero-order valence-electron chi connectivity index (χ0n) is 10.7. The van der Waals surface area contributed by atoms with Gasteiger partial charge in [-0.3, -0.25) is 4.85 Å². The van der Waals surface area contributed by atoms with Crippen LogP contribution in [0.2, 0.25) is 0 Å². The van der Waals surface area contributed by atoms with E-state index in [-0.39, 0.29) is 4.90 Å². The molecule has 0 aliphatic rings. The zero-order valence-corrected chi connectivity index (χ0v) is 13.1. The third kappa shape index (κ3) is 2.77. The van der Waals surface area contributed by atoms with Crippen molar-refractivity contribution in [3.8, 4) is 0 Å². The number of hydrogen-bond donors (Lipinski definition) is 0. The van der Waals surface area contributed by atoms with Gasteiger partial charge in [0.25, 0.3) is 9.84 Å². The van der Waals surface area contributed by atoms with Crippen LogP contribution in [0.4, 0.5) is 0 Å². The molecule has 20 heavy (non-hydrogen) atoms. The summed E-state index contributed by atoms with van der Waals surface area (Å²) in [5.74, 6) is 0. The summed E-state index contributed by atoms with van der Waals surface area (Å²) in [4.78, 5) is 3.49. The number of rotatable bonds is 3. The number of aryl methyl sites for hydroxylation is 1. The van der Waals surface area contributed by atoms with E-state index in [1.165, 1.54) is 0 Å². The fourth-order valence-electron chi connectivity index (χ4n) is 1.84. The predicted molar refractivity (Wildman–Crippen MR) is 81.8 cm³/mol. The van der Waals surface area contributed by atoms with Gasteiger partial charge in [-0.1, -0.05) is 45.8 Å². The highest BCUT2D eigenvalue weighted by Gasteiger charge is 2.35. The van der Waals surface area contributed by atoms with E-state index in [0.717, 1.165) is 5.56 Å². The van der Waals surface area contributed by atoms with Crippen LogP contribution in [0.5, 0.6) is 0 Å². The lowest BCUT2D eigenvalue weighted by Crippen LogP contribution is -2.11. The van der Waals surface area contributed by atoms with Gasteiger partial charge >= 0.3 is 5.37 Å². The van der Waals surface area contributed by atoms with Crippen LogP contribution in [0.25, 0.3) is 4.85 Å². The number of hydrogen-bond acceptors (Lipinski definition) is 2. The van der Waals surface area contributed by atoms with Crippen LogP contribution < -0.4 is 0 Å². The fraction of sp³-hybridized carbons (Fsp3) is 0.133. The molecule has 1 atom stereocenters. The van der Waals surface area contributed by atoms with E-state index in [2.05, 4.69) is 20.8 Å². The summed E-state index contributed by atoms with van der Waals surface area (Å²) < 4.78 is 25.8. The molecule has 0 unspecified atom stereocenters. The van der Waals surface area contributed by atoms with Gasteiger partial charge in [0, 0.05) is 4.47 Å². The maximum Gasteiger partial charge on any atom is 0.351 e. The molecule has 0 fully saturated rings. The summed E-state index contributed by atoms with van der Waals surface area (Å²) in [6.07, 6.45) is 0. The predicted octanol–water partition coefficient (Wildman–Crippen LogP) is 4.15. The van der Waals surface area contributed by atoms with Crippen LogP contribution >= 0.6 is 15.9 Å². The molecule has 0 aliphatic carbocycles. The Kier molecular flexibility index (Phi) is 4.26. The average molecular weight is 350 g/mol. The van der Waals surface area contributed by atoms with Gasteiger partial charge in [0.1, 0.15) is 0 Å². The van der Waals surface area contributed by atoms with Crippen LogP contribution in [0, 0.1) is 13.5 Å². The number of nitrogens with zero attached hydrogens (tertiary/aromatic N) is 1. The molecule has 0 aliphatic heterocycles. The van der Waals surface area contributed by atoms with Gasteiger partial charge in [0.15, 0.2) is 0 Å². The van der Waals surface area contributed by atoms with Gasteiger partial charge < -0.3 is 0 Å². The first-order valence-corrected chi connectivity index (χ1v) is 8.22. The second-order valence-corrected chi connectivity index (χ2v) is 7.22. The minimum atomic E-state index is -3.73. The van der Waals surface area contributed by atoms with Crippen LogP contribution in [-0.4, -0.2) is 8.42 Å². The van der Waals surface area contributed by atoms with Crippen molar-refractivity contribution in [3.63, 3.8) is 0 Å². The van der Waals surface area contributed by atoms with E-state index in [4.69, 9.17) is 6.57 Å². The molecule has 2 aromatic carbocycles. The summed E-state index contributed by atoms with van der Waals surface area (Å²) in [6, 6.07) is 13.4. The van der Waals surface area contributed by atoms with Gasteiger partial charge in [0.2, 0.25) is 0 Å². The quantitative estimate of drug-likeness (QED) is 0.780. The fourth-order valence-corrected chi connectivity index (χ4v) is 3.94. The average Bonchev–Trinajstić information content (AvgIpc) is 2.42. The standard InChI is InChI=1S/C15H12BrNO2S/c1-11-7-9-12(10-8-11)20(18,19)15(17-2)13-5-3-4-6-14(13)16/h3-10,15H,1H3/t15-/m0/s1. The molecule has 0 N–H and O–H groups in total. The second kappa shape index (κ2) is 5.78. The summed E-state index contributed by atoms with van der Waals surface area (Å²) in [5.41, 5.74) is 1.44. The Morgan fingerprint density at radius 3 is 2.25 bits per heavy atom. The highest BCUT2D eigenvalue weighted by molar-refractivity contribution is 9.10. The minimum Gasteiger partial charge on any atom is -0.291 e. The van der Waals surface area contributed by atoms with Gasteiger partial charge in [-0.2, -0.15) is 0 Å². The molecular formula is C15H12BrNO2S. The van der Waals surface area contributed by atoms with Crippen molar-refractivity contribution in [1.82, 2.24) is 0 Å². The smallest absolute Gasteiger partial charge is 0.291 e. The molecule has 0 spiro atoms. The van der Waals surface area contributed by atoms with E-state index in [1.54, 1.807) is 48.5 Å². The van der Waals surface area contributed by atoms with Crippen LogP contribution in [-0.2, 0) is 9.84 Å². The van der Waals surface area contributed by atoms with Crippen molar-refractivity contribution in [1.29, 1.82) is 0 Å². The molecule has 0 saturated carbocycles. The monoisotopic (exact) mass is 349 g/mol. The molecule has 0 radical (unpaired) electrons. The van der Waals surface area contributed by atoms with Crippen molar-refractivity contribution in [2.75, 3.05) is 0 Å². The normalized spacial score (nSPS) is 12.7. The van der Waals surface area contributed by atoms with E-state index in [0.29, 0.717) is 10.0 Å². The number of halogens is 1. The SMILES string of the molecule is [C-]#[N+][C@H](c1ccccc1Br)S(=O)(=O)c1ccc(C)cc1. The first kappa shape index (κ1) is 14.8. The van der Waals surface area contributed by atoms with Crippen LogP contribution in [0.3, 0.4) is 0 Å². The van der Waals surface area contributed by atoms with Crippen molar-refractivity contribution >= 4 is 25.8 Å². The highest BCUT2D eigenvalue weighted by Crippen LogP contribution is 2.34. The molecule has 5 heteroatoms. The molecule has 0 bridgehead atoms.